The van der Waals surface area contributed by atoms with E-state index in [9.17, 15) is 8.42 Å². The molecule has 0 aromatic heterocycles. The Morgan fingerprint density at radius 3 is 2.46 bits per heavy atom. The Morgan fingerprint density at radius 1 is 1.31 bits per heavy atom. The zero-order chi connectivity index (χ0) is 10.1. The van der Waals surface area contributed by atoms with E-state index in [1.54, 1.807) is 0 Å². The van der Waals surface area contributed by atoms with Gasteiger partial charge in [-0.3, -0.25) is 0 Å². The molecule has 1 aliphatic rings. The van der Waals surface area contributed by atoms with Crippen molar-refractivity contribution in [1.82, 2.24) is 5.32 Å². The van der Waals surface area contributed by atoms with Crippen molar-refractivity contribution >= 4 is 9.84 Å². The van der Waals surface area contributed by atoms with Crippen LogP contribution >= 0.6 is 0 Å². The van der Waals surface area contributed by atoms with Crippen molar-refractivity contribution in [3.05, 3.63) is 0 Å². The summed E-state index contributed by atoms with van der Waals surface area (Å²) in [6.07, 6.45) is 0. The quantitative estimate of drug-likeness (QED) is 0.684. The lowest BCUT2D eigenvalue weighted by atomic mass is 10.1. The molecule has 3 nitrogen and oxygen atoms in total. The largest absolute Gasteiger partial charge is 0.312 e. The smallest absolute Gasteiger partial charge is 0.152 e. The monoisotopic (exact) mass is 205 g/mol. The molecule has 0 aliphatic carbocycles. The van der Waals surface area contributed by atoms with Crippen LogP contribution in [0.4, 0.5) is 0 Å². The Kier molecular flexibility index (Phi) is 3.35. The molecule has 13 heavy (non-hydrogen) atoms. The van der Waals surface area contributed by atoms with E-state index in [1.807, 2.05) is 6.92 Å². The normalized spacial score (nSPS) is 34.5. The van der Waals surface area contributed by atoms with Crippen LogP contribution in [0.3, 0.4) is 0 Å². The minimum absolute atomic E-state index is 0.134. The Morgan fingerprint density at radius 2 is 1.92 bits per heavy atom. The van der Waals surface area contributed by atoms with Crippen molar-refractivity contribution in [3.8, 4) is 0 Å². The van der Waals surface area contributed by atoms with Crippen molar-refractivity contribution in [2.45, 2.75) is 26.8 Å². The summed E-state index contributed by atoms with van der Waals surface area (Å²) in [5, 5.41) is 3.31. The van der Waals surface area contributed by atoms with Gasteiger partial charge in [0.15, 0.2) is 9.84 Å². The average Bonchev–Trinajstić information content (AvgIpc) is 2.07. The van der Waals surface area contributed by atoms with Crippen LogP contribution in [-0.2, 0) is 9.84 Å². The van der Waals surface area contributed by atoms with Gasteiger partial charge in [-0.05, 0) is 18.4 Å². The van der Waals surface area contributed by atoms with Crippen molar-refractivity contribution in [3.63, 3.8) is 0 Å². The molecular formula is C9H19NO2S. The van der Waals surface area contributed by atoms with E-state index in [4.69, 9.17) is 0 Å². The SMILES string of the molecule is CC1CNC(C(C)C)CS(=O)(=O)C1. The van der Waals surface area contributed by atoms with Gasteiger partial charge in [-0.2, -0.15) is 0 Å². The first-order valence-corrected chi connectivity index (χ1v) is 6.66. The van der Waals surface area contributed by atoms with Crippen LogP contribution in [0.5, 0.6) is 0 Å². The minimum Gasteiger partial charge on any atom is -0.312 e. The topological polar surface area (TPSA) is 46.2 Å². The molecule has 2 unspecified atom stereocenters. The molecule has 0 aromatic rings. The Hall–Kier alpha value is -0.0900. The molecule has 1 rings (SSSR count). The van der Waals surface area contributed by atoms with Crippen LogP contribution < -0.4 is 5.32 Å². The summed E-state index contributed by atoms with van der Waals surface area (Å²) in [6, 6.07) is 0.134. The first-order valence-electron chi connectivity index (χ1n) is 4.84. The van der Waals surface area contributed by atoms with E-state index in [2.05, 4.69) is 19.2 Å². The molecule has 0 radical (unpaired) electrons. The summed E-state index contributed by atoms with van der Waals surface area (Å²) in [7, 11) is -2.83. The fourth-order valence-electron chi connectivity index (χ4n) is 1.67. The summed E-state index contributed by atoms with van der Waals surface area (Å²) in [5.41, 5.74) is 0. The molecule has 2 atom stereocenters. The maximum atomic E-state index is 11.6. The van der Waals surface area contributed by atoms with E-state index in [0.717, 1.165) is 6.54 Å². The van der Waals surface area contributed by atoms with E-state index < -0.39 is 9.84 Å². The predicted molar refractivity (Wildman–Crippen MR) is 54.4 cm³/mol. The number of rotatable bonds is 1. The molecule has 0 amide bonds. The third-order valence-corrected chi connectivity index (χ3v) is 4.45. The number of hydrogen-bond donors (Lipinski definition) is 1. The van der Waals surface area contributed by atoms with E-state index in [0.29, 0.717) is 17.4 Å². The van der Waals surface area contributed by atoms with Crippen LogP contribution in [0.1, 0.15) is 20.8 Å². The van der Waals surface area contributed by atoms with Crippen molar-refractivity contribution in [2.24, 2.45) is 11.8 Å². The molecule has 1 saturated heterocycles. The number of sulfone groups is 1. The average molecular weight is 205 g/mol. The predicted octanol–water partition coefficient (Wildman–Crippen LogP) is 0.665. The van der Waals surface area contributed by atoms with Gasteiger partial charge in [-0.25, -0.2) is 8.42 Å². The highest BCUT2D eigenvalue weighted by molar-refractivity contribution is 7.91. The van der Waals surface area contributed by atoms with Crippen LogP contribution in [0.2, 0.25) is 0 Å². The van der Waals surface area contributed by atoms with Crippen LogP contribution in [0.15, 0.2) is 0 Å². The summed E-state index contributed by atoms with van der Waals surface area (Å²) in [6.45, 7) is 6.92. The lowest BCUT2D eigenvalue weighted by molar-refractivity contribution is 0.415. The van der Waals surface area contributed by atoms with Crippen LogP contribution in [0.25, 0.3) is 0 Å². The highest BCUT2D eigenvalue weighted by Gasteiger charge is 2.27. The van der Waals surface area contributed by atoms with Crippen LogP contribution in [-0.4, -0.2) is 32.5 Å². The summed E-state index contributed by atoms with van der Waals surface area (Å²) >= 11 is 0. The second kappa shape index (κ2) is 3.96. The standard InChI is InChI=1S/C9H19NO2S/c1-7(2)9-6-13(11,12)5-8(3)4-10-9/h7-10H,4-6H2,1-3H3. The second-order valence-corrected chi connectivity index (χ2v) is 6.59. The van der Waals surface area contributed by atoms with E-state index in [-0.39, 0.29) is 12.0 Å². The third-order valence-electron chi connectivity index (χ3n) is 2.51. The number of hydrogen-bond acceptors (Lipinski definition) is 3. The number of nitrogens with one attached hydrogen (secondary N) is 1. The van der Waals surface area contributed by atoms with Gasteiger partial charge in [0.2, 0.25) is 0 Å². The molecule has 0 saturated carbocycles. The van der Waals surface area contributed by atoms with E-state index in [1.165, 1.54) is 0 Å². The van der Waals surface area contributed by atoms with Crippen molar-refractivity contribution in [2.75, 3.05) is 18.1 Å². The lowest BCUT2D eigenvalue weighted by Gasteiger charge is -2.19. The lowest BCUT2D eigenvalue weighted by Crippen LogP contribution is -2.38. The van der Waals surface area contributed by atoms with Gasteiger partial charge in [0.05, 0.1) is 11.5 Å². The maximum Gasteiger partial charge on any atom is 0.152 e. The van der Waals surface area contributed by atoms with Crippen LogP contribution in [0, 0.1) is 11.8 Å². The molecule has 0 bridgehead atoms. The van der Waals surface area contributed by atoms with Gasteiger partial charge < -0.3 is 5.32 Å². The fraction of sp³-hybridized carbons (Fsp3) is 1.00. The summed E-state index contributed by atoms with van der Waals surface area (Å²) in [4.78, 5) is 0. The zero-order valence-electron chi connectivity index (χ0n) is 8.58. The van der Waals surface area contributed by atoms with Crippen molar-refractivity contribution < 1.29 is 8.42 Å². The Bertz CT molecular complexity index is 259. The highest BCUT2D eigenvalue weighted by Crippen LogP contribution is 2.13. The first kappa shape index (κ1) is 11.0. The minimum atomic E-state index is -2.83. The van der Waals surface area contributed by atoms with E-state index >= 15 is 0 Å². The molecular weight excluding hydrogens is 186 g/mol. The van der Waals surface area contributed by atoms with Gasteiger partial charge in [-0.15, -0.1) is 0 Å². The highest BCUT2D eigenvalue weighted by atomic mass is 32.2. The third kappa shape index (κ3) is 3.27. The molecule has 1 heterocycles. The fourth-order valence-corrected chi connectivity index (χ4v) is 3.84. The van der Waals surface area contributed by atoms with Gasteiger partial charge in [0.1, 0.15) is 0 Å². The van der Waals surface area contributed by atoms with Crippen molar-refractivity contribution in [1.29, 1.82) is 0 Å². The first-order chi connectivity index (χ1) is 5.91. The summed E-state index contributed by atoms with van der Waals surface area (Å²) in [5.74, 6) is 1.27. The van der Waals surface area contributed by atoms with Gasteiger partial charge in [0, 0.05) is 6.04 Å². The maximum absolute atomic E-state index is 11.6. The Balaban J connectivity index is 2.74. The van der Waals surface area contributed by atoms with Gasteiger partial charge in [0.25, 0.3) is 0 Å². The molecule has 0 spiro atoms. The molecule has 0 aromatic carbocycles. The Labute approximate surface area is 80.8 Å². The molecule has 1 N–H and O–H groups in total. The molecule has 1 aliphatic heterocycles. The van der Waals surface area contributed by atoms with Gasteiger partial charge >= 0.3 is 0 Å². The van der Waals surface area contributed by atoms with Gasteiger partial charge in [-0.1, -0.05) is 20.8 Å². The summed E-state index contributed by atoms with van der Waals surface area (Å²) < 4.78 is 23.1. The molecule has 78 valence electrons. The molecule has 4 heteroatoms. The molecule has 1 fully saturated rings. The second-order valence-electron chi connectivity index (χ2n) is 4.44. The zero-order valence-corrected chi connectivity index (χ0v) is 9.39.